The summed E-state index contributed by atoms with van der Waals surface area (Å²) in [4.78, 5) is 31.8. The van der Waals surface area contributed by atoms with E-state index in [9.17, 15) is 25.0 Å². The van der Waals surface area contributed by atoms with Crippen LogP contribution in [0.5, 0.6) is 0 Å². The monoisotopic (exact) mass is 282 g/mol. The van der Waals surface area contributed by atoms with Gasteiger partial charge >= 0.3 is 5.97 Å². The quantitative estimate of drug-likeness (QED) is 0.466. The lowest BCUT2D eigenvalue weighted by atomic mass is 10.1. The zero-order valence-corrected chi connectivity index (χ0v) is 11.3. The zero-order chi connectivity index (χ0) is 15.5. The molecule has 0 aliphatic heterocycles. The van der Waals surface area contributed by atoms with E-state index < -0.39 is 32.8 Å². The Morgan fingerprint density at radius 3 is 1.95 bits per heavy atom. The summed E-state index contributed by atoms with van der Waals surface area (Å²) in [6.07, 6.45) is 0.537. The normalized spacial score (nSPS) is 10.9. The standard InChI is InChI=1S/C12H14N2O6/c1-4-12(2,3)20-11(15)8-5-9(13(16)17)7-10(6-8)14(18)19/h5-7H,4H2,1-3H3. The first-order chi connectivity index (χ1) is 9.16. The van der Waals surface area contributed by atoms with E-state index >= 15 is 0 Å². The molecule has 0 amide bonds. The maximum atomic E-state index is 11.9. The van der Waals surface area contributed by atoms with E-state index in [4.69, 9.17) is 4.74 Å². The summed E-state index contributed by atoms with van der Waals surface area (Å²) < 4.78 is 5.16. The van der Waals surface area contributed by atoms with Crippen molar-refractivity contribution in [1.82, 2.24) is 0 Å². The molecule has 8 heteroatoms. The molecule has 0 saturated carbocycles. The van der Waals surface area contributed by atoms with E-state index in [1.807, 2.05) is 6.92 Å². The molecule has 108 valence electrons. The molecule has 1 aromatic carbocycles. The fraction of sp³-hybridized carbons (Fsp3) is 0.417. The van der Waals surface area contributed by atoms with Gasteiger partial charge in [-0.2, -0.15) is 0 Å². The van der Waals surface area contributed by atoms with E-state index in [0.717, 1.165) is 18.2 Å². The maximum absolute atomic E-state index is 11.9. The largest absolute Gasteiger partial charge is 0.456 e. The minimum Gasteiger partial charge on any atom is -0.456 e. The third kappa shape index (κ3) is 3.74. The summed E-state index contributed by atoms with van der Waals surface area (Å²) in [5.41, 5.74) is -2.02. The number of nitro groups is 2. The van der Waals surface area contributed by atoms with Crippen LogP contribution >= 0.6 is 0 Å². The summed E-state index contributed by atoms with van der Waals surface area (Å²) >= 11 is 0. The van der Waals surface area contributed by atoms with Crippen LogP contribution in [0.15, 0.2) is 18.2 Å². The number of nitrogens with zero attached hydrogens (tertiary/aromatic N) is 2. The highest BCUT2D eigenvalue weighted by Crippen LogP contribution is 2.25. The fourth-order valence-corrected chi connectivity index (χ4v) is 1.31. The molecule has 0 fully saturated rings. The van der Waals surface area contributed by atoms with Crippen molar-refractivity contribution in [3.8, 4) is 0 Å². The van der Waals surface area contributed by atoms with Crippen molar-refractivity contribution in [1.29, 1.82) is 0 Å². The van der Waals surface area contributed by atoms with Crippen molar-refractivity contribution in [2.75, 3.05) is 0 Å². The Hall–Kier alpha value is -2.51. The van der Waals surface area contributed by atoms with E-state index in [1.165, 1.54) is 0 Å². The molecular formula is C12H14N2O6. The molecule has 0 aliphatic carbocycles. The Morgan fingerprint density at radius 1 is 1.15 bits per heavy atom. The van der Waals surface area contributed by atoms with Gasteiger partial charge in [-0.15, -0.1) is 0 Å². The average Bonchev–Trinajstić information content (AvgIpc) is 2.37. The van der Waals surface area contributed by atoms with Gasteiger partial charge in [-0.25, -0.2) is 4.79 Å². The van der Waals surface area contributed by atoms with Crippen molar-refractivity contribution in [3.05, 3.63) is 44.0 Å². The molecule has 0 N–H and O–H groups in total. The Bertz CT molecular complexity index is 535. The van der Waals surface area contributed by atoms with Crippen molar-refractivity contribution in [3.63, 3.8) is 0 Å². The first-order valence-corrected chi connectivity index (χ1v) is 5.83. The fourth-order valence-electron chi connectivity index (χ4n) is 1.31. The SMILES string of the molecule is CCC(C)(C)OC(=O)c1cc([N+](=O)[O-])cc([N+](=O)[O-])c1. The number of esters is 1. The molecule has 20 heavy (non-hydrogen) atoms. The summed E-state index contributed by atoms with van der Waals surface area (Å²) in [5.74, 6) is -0.830. The molecule has 0 aromatic heterocycles. The lowest BCUT2D eigenvalue weighted by Crippen LogP contribution is -2.27. The molecule has 0 saturated heterocycles. The maximum Gasteiger partial charge on any atom is 0.339 e. The molecule has 0 atom stereocenters. The number of hydrogen-bond donors (Lipinski definition) is 0. The van der Waals surface area contributed by atoms with Gasteiger partial charge < -0.3 is 4.74 Å². The highest BCUT2D eigenvalue weighted by molar-refractivity contribution is 5.91. The number of hydrogen-bond acceptors (Lipinski definition) is 6. The first kappa shape index (κ1) is 15.5. The van der Waals surface area contributed by atoms with Crippen LogP contribution in [0.25, 0.3) is 0 Å². The van der Waals surface area contributed by atoms with Crippen LogP contribution in [-0.4, -0.2) is 21.4 Å². The van der Waals surface area contributed by atoms with Crippen LogP contribution in [0, 0.1) is 20.2 Å². The molecule has 0 heterocycles. The van der Waals surface area contributed by atoms with Crippen LogP contribution in [0.1, 0.15) is 37.6 Å². The van der Waals surface area contributed by atoms with Gasteiger partial charge in [0.2, 0.25) is 0 Å². The lowest BCUT2D eigenvalue weighted by molar-refractivity contribution is -0.394. The molecular weight excluding hydrogens is 268 g/mol. The van der Waals surface area contributed by atoms with Crippen molar-refractivity contribution < 1.29 is 19.4 Å². The third-order valence-electron chi connectivity index (χ3n) is 2.78. The van der Waals surface area contributed by atoms with Gasteiger partial charge in [0.15, 0.2) is 0 Å². The van der Waals surface area contributed by atoms with Gasteiger partial charge in [0.25, 0.3) is 11.4 Å². The van der Waals surface area contributed by atoms with Crippen molar-refractivity contribution in [2.24, 2.45) is 0 Å². The van der Waals surface area contributed by atoms with Gasteiger partial charge in [0.05, 0.1) is 21.5 Å². The second-order valence-corrected chi connectivity index (χ2v) is 4.76. The molecule has 1 rings (SSSR count). The second kappa shape index (κ2) is 5.64. The average molecular weight is 282 g/mol. The second-order valence-electron chi connectivity index (χ2n) is 4.76. The van der Waals surface area contributed by atoms with E-state index in [0.29, 0.717) is 6.42 Å². The third-order valence-corrected chi connectivity index (χ3v) is 2.78. The Labute approximate surface area is 114 Å². The minimum atomic E-state index is -0.830. The van der Waals surface area contributed by atoms with E-state index in [1.54, 1.807) is 13.8 Å². The van der Waals surface area contributed by atoms with Gasteiger partial charge in [-0.1, -0.05) is 6.92 Å². The number of ether oxygens (including phenoxy) is 1. The van der Waals surface area contributed by atoms with Crippen molar-refractivity contribution in [2.45, 2.75) is 32.8 Å². The molecule has 0 radical (unpaired) electrons. The zero-order valence-electron chi connectivity index (χ0n) is 11.3. The summed E-state index contributed by atoms with van der Waals surface area (Å²) in [7, 11) is 0. The van der Waals surface area contributed by atoms with Crippen LogP contribution in [0.4, 0.5) is 11.4 Å². The molecule has 0 bridgehead atoms. The van der Waals surface area contributed by atoms with Crippen LogP contribution in [0.2, 0.25) is 0 Å². The van der Waals surface area contributed by atoms with Gasteiger partial charge in [-0.05, 0) is 20.3 Å². The number of nitro benzene ring substituents is 2. The van der Waals surface area contributed by atoms with Crippen molar-refractivity contribution >= 4 is 17.3 Å². The number of non-ortho nitro benzene ring substituents is 2. The summed E-state index contributed by atoms with van der Waals surface area (Å²) in [6.45, 7) is 5.16. The van der Waals surface area contributed by atoms with Gasteiger partial charge in [-0.3, -0.25) is 20.2 Å². The Morgan fingerprint density at radius 2 is 1.60 bits per heavy atom. The van der Waals surface area contributed by atoms with Gasteiger partial charge in [0.1, 0.15) is 5.60 Å². The molecule has 1 aromatic rings. The number of carbonyl (C=O) groups excluding carboxylic acids is 1. The summed E-state index contributed by atoms with van der Waals surface area (Å²) in [5, 5.41) is 21.4. The van der Waals surface area contributed by atoms with Crippen LogP contribution in [0.3, 0.4) is 0 Å². The molecule has 0 unspecified atom stereocenters. The first-order valence-electron chi connectivity index (χ1n) is 5.83. The predicted octanol–water partition coefficient (Wildman–Crippen LogP) is 2.85. The molecule has 0 spiro atoms. The predicted molar refractivity (Wildman–Crippen MR) is 69.5 cm³/mol. The molecule has 0 aliphatic rings. The van der Waals surface area contributed by atoms with Crippen LogP contribution < -0.4 is 0 Å². The Kier molecular flexibility index (Phi) is 4.38. The molecule has 8 nitrogen and oxygen atoms in total. The smallest absolute Gasteiger partial charge is 0.339 e. The Balaban J connectivity index is 3.20. The number of carbonyl (C=O) groups is 1. The van der Waals surface area contributed by atoms with Gasteiger partial charge in [0, 0.05) is 12.1 Å². The lowest BCUT2D eigenvalue weighted by Gasteiger charge is -2.23. The number of rotatable bonds is 5. The minimum absolute atomic E-state index is 0.215. The van der Waals surface area contributed by atoms with E-state index in [2.05, 4.69) is 0 Å². The number of benzene rings is 1. The highest BCUT2D eigenvalue weighted by atomic mass is 16.6. The summed E-state index contributed by atoms with van der Waals surface area (Å²) in [6, 6.07) is 2.71. The van der Waals surface area contributed by atoms with Crippen LogP contribution in [-0.2, 0) is 4.74 Å². The highest BCUT2D eigenvalue weighted by Gasteiger charge is 2.25. The topological polar surface area (TPSA) is 113 Å². The van der Waals surface area contributed by atoms with E-state index in [-0.39, 0.29) is 5.56 Å².